The Kier molecular flexibility index (Phi) is 8.72. The summed E-state index contributed by atoms with van der Waals surface area (Å²) in [6.07, 6.45) is 1.83. The number of thioether (sulfide) groups is 1. The van der Waals surface area contributed by atoms with E-state index in [0.717, 1.165) is 15.6 Å². The normalized spacial score (nSPS) is 17.8. The zero-order valence-corrected chi connectivity index (χ0v) is 24.3. The first-order valence-corrected chi connectivity index (χ1v) is 14.3. The average Bonchev–Trinajstić information content (AvgIpc) is 3.21. The van der Waals surface area contributed by atoms with Crippen LogP contribution in [0.3, 0.4) is 0 Å². The maximum Gasteiger partial charge on any atom is 0.266 e. The van der Waals surface area contributed by atoms with Crippen LogP contribution in [0.1, 0.15) is 21.5 Å². The van der Waals surface area contributed by atoms with Crippen molar-refractivity contribution in [1.29, 1.82) is 0 Å². The molecular weight excluding hydrogens is 602 g/mol. The van der Waals surface area contributed by atoms with Gasteiger partial charge in [0.25, 0.3) is 11.8 Å². The number of carbonyl (C=O) groups is 2. The summed E-state index contributed by atoms with van der Waals surface area (Å²) < 4.78 is 12.1. The molecule has 2 saturated heterocycles. The highest BCUT2D eigenvalue weighted by Crippen LogP contribution is 2.35. The number of amides is 2. The third kappa shape index (κ3) is 6.73. The standard InChI is InChI=1S/C29H25BrClN3O4S/c1-33-28(36)26(16-20-7-10-25(24(30)15-20)38-18-19-5-8-22(31)9-6-19)39-29(33)32-23-4-2-3-21(17-23)27(35)34-11-13-37-14-12-34/h2-10,15-17H,11-14,18H2,1H3/b26-16+,32-29?. The van der Waals surface area contributed by atoms with Gasteiger partial charge in [0.1, 0.15) is 12.4 Å². The van der Waals surface area contributed by atoms with Crippen molar-refractivity contribution in [2.45, 2.75) is 6.61 Å². The lowest BCUT2D eigenvalue weighted by Crippen LogP contribution is -2.40. The second-order valence-electron chi connectivity index (χ2n) is 8.93. The van der Waals surface area contributed by atoms with Gasteiger partial charge >= 0.3 is 0 Å². The highest BCUT2D eigenvalue weighted by Gasteiger charge is 2.30. The molecule has 200 valence electrons. The Labute approximate surface area is 244 Å². The smallest absolute Gasteiger partial charge is 0.266 e. The molecule has 2 heterocycles. The van der Waals surface area contributed by atoms with Crippen molar-refractivity contribution in [2.24, 2.45) is 4.99 Å². The van der Waals surface area contributed by atoms with Crippen molar-refractivity contribution in [2.75, 3.05) is 33.4 Å². The fraction of sp³-hybridized carbons (Fsp3) is 0.207. The van der Waals surface area contributed by atoms with E-state index in [-0.39, 0.29) is 11.8 Å². The Hall–Kier alpha value is -3.11. The third-order valence-corrected chi connectivity index (χ3v) is 8.11. The van der Waals surface area contributed by atoms with Crippen molar-refractivity contribution in [3.8, 4) is 5.75 Å². The van der Waals surface area contributed by atoms with Crippen LogP contribution in [0.4, 0.5) is 5.69 Å². The Morgan fingerprint density at radius 2 is 1.90 bits per heavy atom. The first-order chi connectivity index (χ1) is 18.9. The molecule has 0 spiro atoms. The number of halogens is 2. The topological polar surface area (TPSA) is 71.4 Å². The molecule has 5 rings (SSSR count). The van der Waals surface area contributed by atoms with E-state index in [9.17, 15) is 9.59 Å². The molecule has 3 aromatic rings. The molecule has 2 aliphatic rings. The molecule has 0 N–H and O–H groups in total. The number of rotatable bonds is 6. The largest absolute Gasteiger partial charge is 0.488 e. The molecule has 39 heavy (non-hydrogen) atoms. The summed E-state index contributed by atoms with van der Waals surface area (Å²) in [5.74, 6) is 0.512. The van der Waals surface area contributed by atoms with Crippen LogP contribution in [-0.2, 0) is 16.1 Å². The summed E-state index contributed by atoms with van der Waals surface area (Å²) in [5, 5.41) is 1.23. The van der Waals surface area contributed by atoms with Gasteiger partial charge in [-0.15, -0.1) is 0 Å². The van der Waals surface area contributed by atoms with Crippen LogP contribution in [0.5, 0.6) is 5.75 Å². The number of morpholine rings is 1. The van der Waals surface area contributed by atoms with Crippen LogP contribution >= 0.6 is 39.3 Å². The van der Waals surface area contributed by atoms with Gasteiger partial charge in [-0.3, -0.25) is 14.5 Å². The van der Waals surface area contributed by atoms with Gasteiger partial charge in [0.2, 0.25) is 0 Å². The molecule has 2 amide bonds. The summed E-state index contributed by atoms with van der Waals surface area (Å²) in [4.78, 5) is 34.4. The van der Waals surface area contributed by atoms with Crippen molar-refractivity contribution in [1.82, 2.24) is 9.80 Å². The van der Waals surface area contributed by atoms with E-state index in [1.807, 2.05) is 54.6 Å². The van der Waals surface area contributed by atoms with Crippen LogP contribution in [0.15, 0.2) is 81.1 Å². The van der Waals surface area contributed by atoms with E-state index in [1.54, 1.807) is 30.1 Å². The number of hydrogen-bond donors (Lipinski definition) is 0. The molecule has 0 aromatic heterocycles. The van der Waals surface area contributed by atoms with Gasteiger partial charge in [-0.05, 0) is 87.4 Å². The lowest BCUT2D eigenvalue weighted by molar-refractivity contribution is -0.121. The minimum absolute atomic E-state index is 0.0457. The molecule has 0 saturated carbocycles. The molecular formula is C29H25BrClN3O4S. The second kappa shape index (κ2) is 12.4. The zero-order valence-electron chi connectivity index (χ0n) is 21.1. The van der Waals surface area contributed by atoms with Gasteiger partial charge in [-0.2, -0.15) is 0 Å². The molecule has 7 nitrogen and oxygen atoms in total. The van der Waals surface area contributed by atoms with Gasteiger partial charge in [0, 0.05) is 30.7 Å². The minimum Gasteiger partial charge on any atom is -0.488 e. The summed E-state index contributed by atoms with van der Waals surface area (Å²) >= 11 is 10.8. The number of carbonyl (C=O) groups excluding carboxylic acids is 2. The Morgan fingerprint density at radius 3 is 2.64 bits per heavy atom. The Morgan fingerprint density at radius 1 is 1.13 bits per heavy atom. The monoisotopic (exact) mass is 625 g/mol. The average molecular weight is 627 g/mol. The number of hydrogen-bond acceptors (Lipinski definition) is 6. The summed E-state index contributed by atoms with van der Waals surface area (Å²) in [7, 11) is 1.70. The number of benzene rings is 3. The SMILES string of the molecule is CN1C(=O)/C(=C\c2ccc(OCc3ccc(Cl)cc3)c(Br)c2)SC1=Nc1cccc(C(=O)N2CCOCC2)c1. The van der Waals surface area contributed by atoms with Crippen LogP contribution < -0.4 is 4.74 Å². The Bertz CT molecular complexity index is 1460. The molecule has 0 unspecified atom stereocenters. The molecule has 0 atom stereocenters. The number of likely N-dealkylation sites (N-methyl/N-ethyl adjacent to an activating group) is 1. The molecule has 2 aliphatic heterocycles. The first kappa shape index (κ1) is 27.5. The number of amidine groups is 1. The predicted octanol–water partition coefficient (Wildman–Crippen LogP) is 6.39. The highest BCUT2D eigenvalue weighted by molar-refractivity contribution is 9.10. The maximum absolute atomic E-state index is 13.0. The van der Waals surface area contributed by atoms with Crippen LogP contribution in [0.25, 0.3) is 6.08 Å². The second-order valence-corrected chi connectivity index (χ2v) is 11.2. The summed E-state index contributed by atoms with van der Waals surface area (Å²) in [5.41, 5.74) is 3.04. The van der Waals surface area contributed by atoms with Gasteiger partial charge in [-0.25, -0.2) is 4.99 Å². The molecule has 2 fully saturated rings. The minimum atomic E-state index is -0.140. The van der Waals surface area contributed by atoms with Crippen molar-refractivity contribution < 1.29 is 19.1 Å². The highest BCUT2D eigenvalue weighted by atomic mass is 79.9. The summed E-state index contributed by atoms with van der Waals surface area (Å²) in [6, 6.07) is 20.4. The van der Waals surface area contributed by atoms with Crippen LogP contribution in [-0.4, -0.2) is 60.1 Å². The van der Waals surface area contributed by atoms with Gasteiger partial charge in [-0.1, -0.05) is 35.9 Å². The van der Waals surface area contributed by atoms with Crippen LogP contribution in [0, 0.1) is 0 Å². The maximum atomic E-state index is 13.0. The van der Waals surface area contributed by atoms with E-state index in [0.29, 0.717) is 65.0 Å². The number of nitrogens with zero attached hydrogens (tertiary/aromatic N) is 3. The Balaban J connectivity index is 1.28. The quantitative estimate of drug-likeness (QED) is 0.297. The molecule has 0 radical (unpaired) electrons. The van der Waals surface area contributed by atoms with Gasteiger partial charge in [0.05, 0.1) is 28.3 Å². The van der Waals surface area contributed by atoms with Crippen molar-refractivity contribution in [3.05, 3.63) is 97.8 Å². The zero-order chi connectivity index (χ0) is 27.4. The van der Waals surface area contributed by atoms with E-state index < -0.39 is 0 Å². The van der Waals surface area contributed by atoms with E-state index in [1.165, 1.54) is 16.7 Å². The third-order valence-electron chi connectivity index (χ3n) is 6.18. The predicted molar refractivity (Wildman–Crippen MR) is 159 cm³/mol. The molecule has 0 aliphatic carbocycles. The van der Waals surface area contributed by atoms with E-state index >= 15 is 0 Å². The van der Waals surface area contributed by atoms with Gasteiger partial charge < -0.3 is 14.4 Å². The molecule has 0 bridgehead atoms. The fourth-order valence-electron chi connectivity index (χ4n) is 4.04. The number of ether oxygens (including phenoxy) is 2. The van der Waals surface area contributed by atoms with Gasteiger partial charge in [0.15, 0.2) is 5.17 Å². The van der Waals surface area contributed by atoms with E-state index in [2.05, 4.69) is 20.9 Å². The van der Waals surface area contributed by atoms with E-state index in [4.69, 9.17) is 21.1 Å². The summed E-state index contributed by atoms with van der Waals surface area (Å²) in [6.45, 7) is 2.65. The first-order valence-electron chi connectivity index (χ1n) is 12.3. The lowest BCUT2D eigenvalue weighted by atomic mass is 10.1. The van der Waals surface area contributed by atoms with Crippen molar-refractivity contribution in [3.63, 3.8) is 0 Å². The van der Waals surface area contributed by atoms with Crippen molar-refractivity contribution >= 4 is 68.0 Å². The van der Waals surface area contributed by atoms with Crippen LogP contribution in [0.2, 0.25) is 5.02 Å². The molecule has 3 aromatic carbocycles. The fourth-order valence-corrected chi connectivity index (χ4v) is 5.66. The number of aliphatic imine (C=N–C) groups is 1. The lowest BCUT2D eigenvalue weighted by Gasteiger charge is -2.26. The molecule has 10 heteroatoms.